The number of benzene rings is 2. The first kappa shape index (κ1) is 16.5. The van der Waals surface area contributed by atoms with E-state index in [2.05, 4.69) is 0 Å². The lowest BCUT2D eigenvalue weighted by atomic mass is 9.55. The van der Waals surface area contributed by atoms with E-state index in [1.807, 2.05) is 12.1 Å². The van der Waals surface area contributed by atoms with Crippen molar-refractivity contribution >= 4 is 17.8 Å². The first-order valence-electron chi connectivity index (χ1n) is 7.04. The van der Waals surface area contributed by atoms with Gasteiger partial charge in [-0.25, -0.2) is 4.39 Å². The lowest BCUT2D eigenvalue weighted by molar-refractivity contribution is 0.282. The first-order chi connectivity index (χ1) is 10.7. The molecule has 0 unspecified atom stereocenters. The number of methoxy groups -OCH3 is 1. The van der Waals surface area contributed by atoms with E-state index in [-0.39, 0.29) is 12.4 Å². The van der Waals surface area contributed by atoms with E-state index in [1.54, 1.807) is 18.2 Å². The van der Waals surface area contributed by atoms with Gasteiger partial charge in [0.1, 0.15) is 11.6 Å². The van der Waals surface area contributed by atoms with Crippen molar-refractivity contribution in [2.24, 2.45) is 5.73 Å². The highest BCUT2D eigenvalue weighted by atomic mass is 19.1. The van der Waals surface area contributed by atoms with Gasteiger partial charge in [0.25, 0.3) is 0 Å². The highest BCUT2D eigenvalue weighted by molar-refractivity contribution is 6.80. The molecule has 2 aromatic carbocycles. The van der Waals surface area contributed by atoms with E-state index in [1.165, 1.54) is 19.2 Å². The van der Waals surface area contributed by atoms with Crippen LogP contribution >= 0.6 is 0 Å². The van der Waals surface area contributed by atoms with E-state index >= 15 is 0 Å². The molecule has 0 heterocycles. The number of nitrogens with two attached hydrogens (primary N) is 1. The Morgan fingerprint density at radius 3 is 2.50 bits per heavy atom. The zero-order valence-corrected chi connectivity index (χ0v) is 12.5. The van der Waals surface area contributed by atoms with Gasteiger partial charge in [-0.3, -0.25) is 0 Å². The highest BCUT2D eigenvalue weighted by Crippen LogP contribution is 2.11. The molecule has 0 bridgehead atoms. The molecule has 0 amide bonds. The maximum absolute atomic E-state index is 13.6. The van der Waals surface area contributed by atoms with Crippen LogP contribution in [-0.2, 0) is 11.3 Å². The Bertz CT molecular complexity index is 607. The molecular weight excluding hydrogens is 284 g/mol. The Labute approximate surface area is 129 Å². The van der Waals surface area contributed by atoms with Gasteiger partial charge in [0, 0.05) is 18.6 Å². The SMILES string of the molecule is COc1ccc(F)cc1B(OCCN)c1ccc(CO)cc1. The van der Waals surface area contributed by atoms with Crippen molar-refractivity contribution in [2.75, 3.05) is 20.3 Å². The van der Waals surface area contributed by atoms with Crippen molar-refractivity contribution in [1.29, 1.82) is 0 Å². The fourth-order valence-electron chi connectivity index (χ4n) is 2.26. The van der Waals surface area contributed by atoms with Gasteiger partial charge < -0.3 is 20.2 Å². The van der Waals surface area contributed by atoms with Crippen LogP contribution in [0.15, 0.2) is 42.5 Å². The van der Waals surface area contributed by atoms with Crippen LogP contribution in [0, 0.1) is 5.82 Å². The molecule has 0 aliphatic rings. The minimum atomic E-state index is -0.484. The summed E-state index contributed by atoms with van der Waals surface area (Å²) in [5.74, 6) is 0.193. The highest BCUT2D eigenvalue weighted by Gasteiger charge is 2.25. The number of hydrogen-bond acceptors (Lipinski definition) is 4. The number of ether oxygens (including phenoxy) is 1. The minimum Gasteiger partial charge on any atom is -0.497 e. The second-order valence-corrected chi connectivity index (χ2v) is 4.83. The van der Waals surface area contributed by atoms with E-state index in [0.29, 0.717) is 24.4 Å². The van der Waals surface area contributed by atoms with Gasteiger partial charge in [-0.1, -0.05) is 24.3 Å². The third-order valence-electron chi connectivity index (χ3n) is 3.34. The second kappa shape index (κ2) is 7.94. The number of hydrogen-bond donors (Lipinski definition) is 2. The molecule has 3 N–H and O–H groups in total. The summed E-state index contributed by atoms with van der Waals surface area (Å²) in [5.41, 5.74) is 7.76. The average molecular weight is 303 g/mol. The van der Waals surface area contributed by atoms with E-state index < -0.39 is 6.92 Å². The zero-order valence-electron chi connectivity index (χ0n) is 12.5. The summed E-state index contributed by atoms with van der Waals surface area (Å²) < 4.78 is 24.7. The van der Waals surface area contributed by atoms with Crippen molar-refractivity contribution < 1.29 is 18.9 Å². The Balaban J connectivity index is 2.42. The molecule has 0 aromatic heterocycles. The van der Waals surface area contributed by atoms with Gasteiger partial charge in [0.15, 0.2) is 0 Å². The monoisotopic (exact) mass is 303 g/mol. The van der Waals surface area contributed by atoms with Crippen LogP contribution in [0.4, 0.5) is 4.39 Å². The fraction of sp³-hybridized carbons (Fsp3) is 0.250. The van der Waals surface area contributed by atoms with Crippen LogP contribution in [0.25, 0.3) is 0 Å². The molecule has 116 valence electrons. The molecule has 0 radical (unpaired) electrons. The van der Waals surface area contributed by atoms with Gasteiger partial charge in [-0.15, -0.1) is 0 Å². The Morgan fingerprint density at radius 2 is 1.91 bits per heavy atom. The number of halogens is 1. The van der Waals surface area contributed by atoms with Crippen LogP contribution < -0.4 is 21.4 Å². The third-order valence-corrected chi connectivity index (χ3v) is 3.34. The van der Waals surface area contributed by atoms with Crippen LogP contribution in [0.5, 0.6) is 5.75 Å². The lowest BCUT2D eigenvalue weighted by Gasteiger charge is -2.18. The zero-order chi connectivity index (χ0) is 15.9. The van der Waals surface area contributed by atoms with Crippen molar-refractivity contribution in [3.8, 4) is 5.75 Å². The van der Waals surface area contributed by atoms with Gasteiger partial charge in [0.05, 0.1) is 13.7 Å². The predicted molar refractivity (Wildman–Crippen MR) is 85.3 cm³/mol. The molecule has 6 heteroatoms. The summed E-state index contributed by atoms with van der Waals surface area (Å²) in [5, 5.41) is 9.13. The van der Waals surface area contributed by atoms with Crippen molar-refractivity contribution in [1.82, 2.24) is 0 Å². The first-order valence-corrected chi connectivity index (χ1v) is 7.04. The molecule has 2 aromatic rings. The minimum absolute atomic E-state index is 0.0299. The number of rotatable bonds is 7. The largest absolute Gasteiger partial charge is 0.497 e. The molecule has 0 aliphatic heterocycles. The standard InChI is InChI=1S/C16H19BFNO3/c1-21-16-7-6-14(18)10-15(16)17(22-9-8-19)13-4-2-12(11-20)3-5-13/h2-7,10,20H,8-9,11,19H2,1H3. The van der Waals surface area contributed by atoms with E-state index in [0.717, 1.165) is 11.0 Å². The smallest absolute Gasteiger partial charge is 0.365 e. The summed E-state index contributed by atoms with van der Waals surface area (Å²) in [7, 11) is 1.53. The average Bonchev–Trinajstić information content (AvgIpc) is 2.56. The topological polar surface area (TPSA) is 64.7 Å². The Morgan fingerprint density at radius 1 is 1.18 bits per heavy atom. The van der Waals surface area contributed by atoms with E-state index in [4.69, 9.17) is 20.2 Å². The van der Waals surface area contributed by atoms with Crippen molar-refractivity contribution in [3.63, 3.8) is 0 Å². The van der Waals surface area contributed by atoms with Gasteiger partial charge >= 0.3 is 6.92 Å². The molecule has 4 nitrogen and oxygen atoms in total. The predicted octanol–water partition coefficient (Wildman–Crippen LogP) is 0.408. The maximum Gasteiger partial charge on any atom is 0.365 e. The molecule has 0 spiro atoms. The summed E-state index contributed by atoms with van der Waals surface area (Å²) in [6.45, 7) is 0.189. The molecule has 22 heavy (non-hydrogen) atoms. The molecule has 0 saturated carbocycles. The fourth-order valence-corrected chi connectivity index (χ4v) is 2.26. The van der Waals surface area contributed by atoms with Crippen molar-refractivity contribution in [3.05, 3.63) is 53.8 Å². The number of aliphatic hydroxyl groups is 1. The normalized spacial score (nSPS) is 10.5. The molecule has 0 aliphatic carbocycles. The lowest BCUT2D eigenvalue weighted by Crippen LogP contribution is -2.46. The third kappa shape index (κ3) is 3.85. The Hall–Kier alpha value is -1.89. The summed E-state index contributed by atoms with van der Waals surface area (Å²) in [6.07, 6.45) is 0. The molecule has 0 atom stereocenters. The van der Waals surface area contributed by atoms with Crippen LogP contribution in [0.1, 0.15) is 5.56 Å². The molecule has 0 fully saturated rings. The molecule has 2 rings (SSSR count). The Kier molecular flexibility index (Phi) is 5.95. The van der Waals surface area contributed by atoms with Crippen LogP contribution in [0.2, 0.25) is 0 Å². The van der Waals surface area contributed by atoms with Gasteiger partial charge in [-0.2, -0.15) is 0 Å². The summed E-state index contributed by atoms with van der Waals surface area (Å²) >= 11 is 0. The van der Waals surface area contributed by atoms with Crippen molar-refractivity contribution in [2.45, 2.75) is 6.61 Å². The quantitative estimate of drug-likeness (QED) is 0.727. The second-order valence-electron chi connectivity index (χ2n) is 4.83. The van der Waals surface area contributed by atoms with E-state index in [9.17, 15) is 4.39 Å². The summed E-state index contributed by atoms with van der Waals surface area (Å²) in [6, 6.07) is 11.6. The molecular formula is C16H19BFNO3. The summed E-state index contributed by atoms with van der Waals surface area (Å²) in [4.78, 5) is 0. The van der Waals surface area contributed by atoms with Crippen LogP contribution in [-0.4, -0.2) is 32.3 Å². The van der Waals surface area contributed by atoms with Crippen LogP contribution in [0.3, 0.4) is 0 Å². The molecule has 0 saturated heterocycles. The van der Waals surface area contributed by atoms with Gasteiger partial charge in [-0.05, 0) is 29.2 Å². The van der Waals surface area contributed by atoms with Gasteiger partial charge in [0.2, 0.25) is 0 Å². The maximum atomic E-state index is 13.6. The number of aliphatic hydroxyl groups excluding tert-OH is 1.